The van der Waals surface area contributed by atoms with Crippen molar-refractivity contribution in [2.24, 2.45) is 5.92 Å². The summed E-state index contributed by atoms with van der Waals surface area (Å²) in [7, 11) is 1.66. The molecule has 1 heterocycles. The van der Waals surface area contributed by atoms with Crippen molar-refractivity contribution in [2.75, 3.05) is 20.3 Å². The third-order valence-electron chi connectivity index (χ3n) is 3.26. The first-order valence-corrected chi connectivity index (χ1v) is 5.07. The molecule has 0 radical (unpaired) electrons. The predicted molar refractivity (Wildman–Crippen MR) is 53.4 cm³/mol. The van der Waals surface area contributed by atoms with Gasteiger partial charge in [-0.2, -0.15) is 0 Å². The summed E-state index contributed by atoms with van der Waals surface area (Å²) in [6, 6.07) is 0. The third kappa shape index (κ3) is 1.58. The number of ether oxygens (including phenoxy) is 3. The van der Waals surface area contributed by atoms with Gasteiger partial charge in [-0.15, -0.1) is 0 Å². The molecule has 2 rings (SSSR count). The monoisotopic (exact) mass is 212 g/mol. The Morgan fingerprint density at radius 3 is 3.00 bits per heavy atom. The van der Waals surface area contributed by atoms with Crippen molar-refractivity contribution in [3.05, 3.63) is 12.2 Å². The SMILES string of the molecule is C=C1C[C@]2(COC(C)=O)OC[C@H]1[C@@H]2OC. The third-order valence-corrected chi connectivity index (χ3v) is 3.26. The Morgan fingerprint density at radius 2 is 2.47 bits per heavy atom. The summed E-state index contributed by atoms with van der Waals surface area (Å²) < 4.78 is 16.2. The van der Waals surface area contributed by atoms with E-state index < -0.39 is 5.60 Å². The standard InChI is InChI=1S/C11H16O4/c1-7-4-11(6-14-8(2)12)10(13-3)9(7)5-15-11/h9-10H,1,4-6H2,2-3H3/t9-,10+,11-/m1/s1. The van der Waals surface area contributed by atoms with Crippen molar-refractivity contribution < 1.29 is 19.0 Å². The number of carbonyl (C=O) groups is 1. The van der Waals surface area contributed by atoms with Gasteiger partial charge in [0.05, 0.1) is 12.7 Å². The van der Waals surface area contributed by atoms with Gasteiger partial charge in [-0.25, -0.2) is 0 Å². The fourth-order valence-electron chi connectivity index (χ4n) is 2.57. The normalized spacial score (nSPS) is 38.4. The van der Waals surface area contributed by atoms with E-state index in [1.54, 1.807) is 7.11 Å². The van der Waals surface area contributed by atoms with Gasteiger partial charge in [0.15, 0.2) is 0 Å². The number of rotatable bonds is 3. The minimum atomic E-state index is -0.484. The highest BCUT2D eigenvalue weighted by atomic mass is 16.6. The maximum atomic E-state index is 10.8. The first kappa shape index (κ1) is 10.6. The van der Waals surface area contributed by atoms with Crippen molar-refractivity contribution in [2.45, 2.75) is 25.0 Å². The van der Waals surface area contributed by atoms with Crippen LogP contribution < -0.4 is 0 Å². The lowest BCUT2D eigenvalue weighted by Gasteiger charge is -2.29. The molecule has 0 aromatic heterocycles. The molecule has 2 bridgehead atoms. The van der Waals surface area contributed by atoms with Crippen LogP contribution in [0.3, 0.4) is 0 Å². The maximum absolute atomic E-state index is 10.8. The van der Waals surface area contributed by atoms with Gasteiger partial charge in [-0.3, -0.25) is 4.79 Å². The van der Waals surface area contributed by atoms with E-state index in [9.17, 15) is 4.79 Å². The largest absolute Gasteiger partial charge is 0.463 e. The van der Waals surface area contributed by atoms with Crippen molar-refractivity contribution in [1.29, 1.82) is 0 Å². The summed E-state index contributed by atoms with van der Waals surface area (Å²) in [5.41, 5.74) is 0.655. The second-order valence-corrected chi connectivity index (χ2v) is 4.25. The minimum absolute atomic E-state index is 0.0238. The van der Waals surface area contributed by atoms with Gasteiger partial charge in [0, 0.05) is 26.4 Å². The maximum Gasteiger partial charge on any atom is 0.302 e. The number of hydrogen-bond donors (Lipinski definition) is 0. The topological polar surface area (TPSA) is 44.8 Å². The van der Waals surface area contributed by atoms with Crippen LogP contribution in [-0.2, 0) is 19.0 Å². The Hall–Kier alpha value is -0.870. The highest BCUT2D eigenvalue weighted by Crippen LogP contribution is 2.48. The van der Waals surface area contributed by atoms with Crippen LogP contribution in [0.5, 0.6) is 0 Å². The first-order chi connectivity index (χ1) is 7.09. The molecule has 0 unspecified atom stereocenters. The molecular formula is C11H16O4. The molecule has 0 aromatic carbocycles. The lowest BCUT2D eigenvalue weighted by atomic mass is 10.0. The van der Waals surface area contributed by atoms with Crippen LogP contribution >= 0.6 is 0 Å². The van der Waals surface area contributed by atoms with Crippen LogP contribution in [0.1, 0.15) is 13.3 Å². The van der Waals surface area contributed by atoms with Crippen LogP contribution in [0.25, 0.3) is 0 Å². The molecular weight excluding hydrogens is 196 g/mol. The smallest absolute Gasteiger partial charge is 0.302 e. The molecule has 4 nitrogen and oxygen atoms in total. The summed E-state index contributed by atoms with van der Waals surface area (Å²) in [5, 5.41) is 0. The molecule has 0 aromatic rings. The number of esters is 1. The fourth-order valence-corrected chi connectivity index (χ4v) is 2.57. The second kappa shape index (κ2) is 3.61. The molecule has 4 heteroatoms. The zero-order valence-electron chi connectivity index (χ0n) is 9.12. The molecule has 2 fully saturated rings. The van der Waals surface area contributed by atoms with E-state index in [-0.39, 0.29) is 24.6 Å². The quantitative estimate of drug-likeness (QED) is 0.515. The van der Waals surface area contributed by atoms with Crippen LogP contribution in [-0.4, -0.2) is 38.0 Å². The van der Waals surface area contributed by atoms with Crippen molar-refractivity contribution in [3.63, 3.8) is 0 Å². The van der Waals surface area contributed by atoms with Crippen LogP contribution in [0.2, 0.25) is 0 Å². The summed E-state index contributed by atoms with van der Waals surface area (Å²) in [6.45, 7) is 6.29. The molecule has 1 aliphatic heterocycles. The van der Waals surface area contributed by atoms with Crippen molar-refractivity contribution >= 4 is 5.97 Å². The molecule has 0 N–H and O–H groups in total. The molecule has 2 aliphatic rings. The first-order valence-electron chi connectivity index (χ1n) is 5.07. The lowest BCUT2D eigenvalue weighted by Crippen LogP contribution is -2.42. The van der Waals surface area contributed by atoms with Gasteiger partial charge in [0.25, 0.3) is 0 Å². The molecule has 0 spiro atoms. The average molecular weight is 212 g/mol. The van der Waals surface area contributed by atoms with Gasteiger partial charge in [0.1, 0.15) is 12.2 Å². The van der Waals surface area contributed by atoms with Gasteiger partial charge in [-0.1, -0.05) is 12.2 Å². The lowest BCUT2D eigenvalue weighted by molar-refractivity contribution is -0.156. The molecule has 84 valence electrons. The van der Waals surface area contributed by atoms with E-state index in [2.05, 4.69) is 6.58 Å². The van der Waals surface area contributed by atoms with Crippen LogP contribution in [0.4, 0.5) is 0 Å². The van der Waals surface area contributed by atoms with Crippen molar-refractivity contribution in [1.82, 2.24) is 0 Å². The Labute approximate surface area is 89.2 Å². The number of methoxy groups -OCH3 is 1. The van der Waals surface area contributed by atoms with E-state index in [1.807, 2.05) is 0 Å². The number of fused-ring (bicyclic) bond motifs is 2. The van der Waals surface area contributed by atoms with E-state index in [1.165, 1.54) is 6.92 Å². The fraction of sp³-hybridized carbons (Fsp3) is 0.727. The zero-order chi connectivity index (χ0) is 11.1. The molecule has 1 saturated carbocycles. The summed E-state index contributed by atoms with van der Waals surface area (Å²) in [6.07, 6.45) is 0.702. The van der Waals surface area contributed by atoms with E-state index in [0.29, 0.717) is 6.61 Å². The Bertz CT molecular complexity index is 299. The molecule has 3 atom stereocenters. The highest BCUT2D eigenvalue weighted by Gasteiger charge is 2.58. The van der Waals surface area contributed by atoms with E-state index in [4.69, 9.17) is 14.2 Å². The zero-order valence-corrected chi connectivity index (χ0v) is 9.12. The Kier molecular flexibility index (Phi) is 2.56. The molecule has 1 saturated heterocycles. The van der Waals surface area contributed by atoms with Crippen molar-refractivity contribution in [3.8, 4) is 0 Å². The van der Waals surface area contributed by atoms with Crippen LogP contribution in [0.15, 0.2) is 12.2 Å². The number of carbonyl (C=O) groups excluding carboxylic acids is 1. The van der Waals surface area contributed by atoms with Gasteiger partial charge in [0.2, 0.25) is 0 Å². The second-order valence-electron chi connectivity index (χ2n) is 4.25. The number of hydrogen-bond acceptors (Lipinski definition) is 4. The highest BCUT2D eigenvalue weighted by molar-refractivity contribution is 5.66. The summed E-state index contributed by atoms with van der Waals surface area (Å²) in [4.78, 5) is 10.8. The summed E-state index contributed by atoms with van der Waals surface area (Å²) in [5.74, 6) is -0.0330. The van der Waals surface area contributed by atoms with Gasteiger partial charge >= 0.3 is 5.97 Å². The Balaban J connectivity index is 2.12. The molecule has 0 amide bonds. The summed E-state index contributed by atoms with van der Waals surface area (Å²) >= 11 is 0. The predicted octanol–water partition coefficient (Wildman–Crippen LogP) is 0.910. The average Bonchev–Trinajstić information content (AvgIpc) is 2.66. The molecule has 15 heavy (non-hydrogen) atoms. The minimum Gasteiger partial charge on any atom is -0.463 e. The van der Waals surface area contributed by atoms with Gasteiger partial charge < -0.3 is 14.2 Å². The van der Waals surface area contributed by atoms with E-state index in [0.717, 1.165) is 12.0 Å². The van der Waals surface area contributed by atoms with Gasteiger partial charge in [-0.05, 0) is 0 Å². The Morgan fingerprint density at radius 1 is 1.73 bits per heavy atom. The van der Waals surface area contributed by atoms with Crippen LogP contribution in [0, 0.1) is 5.92 Å². The molecule has 1 aliphatic carbocycles. The van der Waals surface area contributed by atoms with E-state index >= 15 is 0 Å².